The quantitative estimate of drug-likeness (QED) is 0.521. The van der Waals surface area contributed by atoms with Gasteiger partial charge in [-0.25, -0.2) is 4.57 Å². The summed E-state index contributed by atoms with van der Waals surface area (Å²) in [5, 5.41) is 0. The minimum absolute atomic E-state index is 0.663. The molecule has 0 aromatic carbocycles. The van der Waals surface area contributed by atoms with Crippen molar-refractivity contribution in [2.45, 2.75) is 6.18 Å². The van der Waals surface area contributed by atoms with Crippen molar-refractivity contribution in [3.63, 3.8) is 0 Å². The number of rotatable bonds is 4. The first kappa shape index (κ1) is 11.5. The van der Waals surface area contributed by atoms with E-state index in [0.29, 0.717) is 6.26 Å². The number of hydrogen-bond donors (Lipinski definition) is 0. The van der Waals surface area contributed by atoms with Gasteiger partial charge in [0, 0.05) is 7.11 Å². The second kappa shape index (κ2) is 3.96. The molecule has 0 fully saturated rings. The Morgan fingerprint density at radius 3 is 2.33 bits per heavy atom. The van der Waals surface area contributed by atoms with Crippen LogP contribution in [0.25, 0.3) is 0 Å². The molecule has 0 aromatic rings. The van der Waals surface area contributed by atoms with Gasteiger partial charge in [-0.05, 0) is 0 Å². The highest BCUT2D eigenvalue weighted by atomic mass is 31.2. The predicted octanol–water partition coefficient (Wildman–Crippen LogP) is 2.55. The molecule has 0 spiro atoms. The molecule has 0 amide bonds. The van der Waals surface area contributed by atoms with Gasteiger partial charge in [0.15, 0.2) is 6.16 Å². The average Bonchev–Trinajstić information content (AvgIpc) is 1.84. The lowest BCUT2D eigenvalue weighted by Gasteiger charge is -2.15. The molecule has 1 unspecified atom stereocenters. The maximum absolute atomic E-state index is 11.7. The van der Waals surface area contributed by atoms with Crippen molar-refractivity contribution in [1.29, 1.82) is 0 Å². The van der Waals surface area contributed by atoms with Crippen molar-refractivity contribution in [3.05, 3.63) is 12.8 Å². The van der Waals surface area contributed by atoms with Crippen LogP contribution >= 0.6 is 7.60 Å². The fourth-order valence-electron chi connectivity index (χ4n) is 0.478. The first-order valence-corrected chi connectivity index (χ1v) is 4.56. The number of alkyl halides is 3. The van der Waals surface area contributed by atoms with Crippen LogP contribution in [0.5, 0.6) is 0 Å². The smallest absolute Gasteiger partial charge is 0.401 e. The Balaban J connectivity index is 4.34. The SMILES string of the molecule is C=COP(=O)(CC(F)(F)F)OC. The molecule has 0 bridgehead atoms. The van der Waals surface area contributed by atoms with Gasteiger partial charge in [-0.2, -0.15) is 13.2 Å². The van der Waals surface area contributed by atoms with Crippen LogP contribution in [0.4, 0.5) is 13.2 Å². The zero-order valence-corrected chi connectivity index (χ0v) is 7.19. The zero-order valence-electron chi connectivity index (χ0n) is 6.30. The summed E-state index contributed by atoms with van der Waals surface area (Å²) >= 11 is 0. The molecule has 0 radical (unpaired) electrons. The fourth-order valence-corrected chi connectivity index (χ4v) is 1.43. The average molecular weight is 204 g/mol. The lowest BCUT2D eigenvalue weighted by molar-refractivity contribution is -0.109. The summed E-state index contributed by atoms with van der Waals surface area (Å²) < 4.78 is 54.3. The number of hydrogen-bond acceptors (Lipinski definition) is 3. The van der Waals surface area contributed by atoms with Crippen LogP contribution in [0.2, 0.25) is 0 Å². The van der Waals surface area contributed by atoms with E-state index in [9.17, 15) is 17.7 Å². The minimum atomic E-state index is -4.57. The molecule has 0 aliphatic heterocycles. The Kier molecular flexibility index (Phi) is 3.80. The molecule has 0 saturated heterocycles. The van der Waals surface area contributed by atoms with Gasteiger partial charge >= 0.3 is 13.8 Å². The van der Waals surface area contributed by atoms with Crippen LogP contribution in [0, 0.1) is 0 Å². The third kappa shape index (κ3) is 4.41. The van der Waals surface area contributed by atoms with E-state index in [1.807, 2.05) is 0 Å². The Labute approximate surface area is 67.7 Å². The van der Waals surface area contributed by atoms with Gasteiger partial charge in [0.2, 0.25) is 0 Å². The van der Waals surface area contributed by atoms with Crippen LogP contribution in [0.3, 0.4) is 0 Å². The second-order valence-corrected chi connectivity index (χ2v) is 3.95. The molecule has 7 heteroatoms. The normalized spacial score (nSPS) is 16.7. The van der Waals surface area contributed by atoms with Gasteiger partial charge in [-0.15, -0.1) is 0 Å². The Hall–Kier alpha value is -0.480. The molecule has 0 heterocycles. The highest BCUT2D eigenvalue weighted by Gasteiger charge is 2.40. The van der Waals surface area contributed by atoms with Gasteiger partial charge < -0.3 is 9.05 Å². The van der Waals surface area contributed by atoms with Crippen LogP contribution in [-0.4, -0.2) is 19.4 Å². The summed E-state index contributed by atoms with van der Waals surface area (Å²) in [6, 6.07) is 0. The molecular weight excluding hydrogens is 196 g/mol. The highest BCUT2D eigenvalue weighted by Crippen LogP contribution is 2.51. The zero-order chi connectivity index (χ0) is 9.83. The molecule has 0 saturated carbocycles. The first-order valence-electron chi connectivity index (χ1n) is 2.84. The lowest BCUT2D eigenvalue weighted by atomic mass is 10.8. The van der Waals surface area contributed by atoms with Crippen LogP contribution < -0.4 is 0 Å². The fraction of sp³-hybridized carbons (Fsp3) is 0.600. The molecule has 3 nitrogen and oxygen atoms in total. The Morgan fingerprint density at radius 2 is 2.08 bits per heavy atom. The van der Waals surface area contributed by atoms with Crippen LogP contribution in [0.15, 0.2) is 12.8 Å². The molecule has 1 atom stereocenters. The maximum atomic E-state index is 11.7. The Bertz CT molecular complexity index is 201. The van der Waals surface area contributed by atoms with Crippen LogP contribution in [0.1, 0.15) is 0 Å². The molecule has 0 aromatic heterocycles. The van der Waals surface area contributed by atoms with E-state index in [-0.39, 0.29) is 0 Å². The summed E-state index contributed by atoms with van der Waals surface area (Å²) in [6.07, 6.45) is -5.52. The second-order valence-electron chi connectivity index (χ2n) is 1.84. The molecule has 0 aliphatic rings. The Morgan fingerprint density at radius 1 is 1.58 bits per heavy atom. The molecule has 0 aliphatic carbocycles. The number of halogens is 3. The van der Waals surface area contributed by atoms with E-state index >= 15 is 0 Å². The first-order chi connectivity index (χ1) is 5.33. The third-order valence-electron chi connectivity index (χ3n) is 0.886. The molecular formula is C5H8F3O3P. The molecule has 0 rings (SSSR count). The van der Waals surface area contributed by atoms with E-state index < -0.39 is 19.9 Å². The van der Waals surface area contributed by atoms with E-state index in [2.05, 4.69) is 15.6 Å². The molecule has 0 N–H and O–H groups in total. The summed E-state index contributed by atoms with van der Waals surface area (Å²) in [7, 11) is -3.18. The van der Waals surface area contributed by atoms with Crippen molar-refractivity contribution in [1.82, 2.24) is 0 Å². The van der Waals surface area contributed by atoms with Crippen molar-refractivity contribution >= 4 is 7.60 Å². The minimum Gasteiger partial charge on any atom is -0.433 e. The van der Waals surface area contributed by atoms with Crippen molar-refractivity contribution in [3.8, 4) is 0 Å². The lowest BCUT2D eigenvalue weighted by Crippen LogP contribution is -2.15. The highest BCUT2D eigenvalue weighted by molar-refractivity contribution is 7.54. The maximum Gasteiger partial charge on any atom is 0.401 e. The topological polar surface area (TPSA) is 35.5 Å². The van der Waals surface area contributed by atoms with Crippen molar-refractivity contribution in [2.24, 2.45) is 0 Å². The standard InChI is InChI=1S/C5H8F3O3P/c1-3-11-12(9,10-2)4-5(6,7)8/h3H,1,4H2,2H3. The van der Waals surface area contributed by atoms with Gasteiger partial charge in [-0.3, -0.25) is 0 Å². The van der Waals surface area contributed by atoms with Gasteiger partial charge in [-0.1, -0.05) is 6.58 Å². The van der Waals surface area contributed by atoms with Crippen molar-refractivity contribution < 1.29 is 26.8 Å². The monoisotopic (exact) mass is 204 g/mol. The molecule has 72 valence electrons. The van der Waals surface area contributed by atoms with Gasteiger partial charge in [0.05, 0.1) is 6.26 Å². The van der Waals surface area contributed by atoms with Gasteiger partial charge in [0.1, 0.15) is 0 Å². The van der Waals surface area contributed by atoms with E-state index in [4.69, 9.17) is 0 Å². The van der Waals surface area contributed by atoms with Crippen molar-refractivity contribution in [2.75, 3.05) is 13.3 Å². The largest absolute Gasteiger partial charge is 0.433 e. The predicted molar refractivity (Wildman–Crippen MR) is 36.8 cm³/mol. The van der Waals surface area contributed by atoms with E-state index in [1.54, 1.807) is 0 Å². The third-order valence-corrected chi connectivity index (χ3v) is 2.66. The summed E-state index contributed by atoms with van der Waals surface area (Å²) in [6.45, 7) is 2.98. The summed E-state index contributed by atoms with van der Waals surface area (Å²) in [4.78, 5) is 0. The van der Waals surface area contributed by atoms with E-state index in [0.717, 1.165) is 7.11 Å². The molecule has 12 heavy (non-hydrogen) atoms. The van der Waals surface area contributed by atoms with Gasteiger partial charge in [0.25, 0.3) is 0 Å². The van der Waals surface area contributed by atoms with E-state index in [1.165, 1.54) is 0 Å². The van der Waals surface area contributed by atoms with Crippen LogP contribution in [-0.2, 0) is 13.6 Å². The summed E-state index contributed by atoms with van der Waals surface area (Å²) in [5.41, 5.74) is 0. The summed E-state index contributed by atoms with van der Waals surface area (Å²) in [5.74, 6) is 0.